The average Bonchev–Trinajstić information content (AvgIpc) is 3.05. The first kappa shape index (κ1) is 19.8. The van der Waals surface area contributed by atoms with Crippen LogP contribution in [0.1, 0.15) is 21.7 Å². The number of hydrogen-bond donors (Lipinski definition) is 1. The number of benzene rings is 2. The van der Waals surface area contributed by atoms with Gasteiger partial charge in [-0.15, -0.1) is 5.10 Å². The minimum Gasteiger partial charge on any atom is -0.331 e. The molecule has 0 aliphatic rings. The van der Waals surface area contributed by atoms with E-state index in [1.165, 1.54) is 4.90 Å². The Balaban J connectivity index is 1.70. The number of carbonyl (C=O) groups is 2. The van der Waals surface area contributed by atoms with Crippen molar-refractivity contribution in [3.05, 3.63) is 70.0 Å². The molecule has 0 unspecified atom stereocenters. The van der Waals surface area contributed by atoms with Crippen LogP contribution in [0.3, 0.4) is 0 Å². The molecule has 0 atom stereocenters. The number of aromatic nitrogens is 3. The first-order valence-electron chi connectivity index (χ1n) is 8.66. The fraction of sp³-hybridized carbons (Fsp3) is 0.200. The highest BCUT2D eigenvalue weighted by Crippen LogP contribution is 2.21. The van der Waals surface area contributed by atoms with Crippen molar-refractivity contribution in [1.29, 1.82) is 0 Å². The van der Waals surface area contributed by atoms with Gasteiger partial charge >= 0.3 is 0 Å². The molecule has 0 bridgehead atoms. The molecule has 28 heavy (non-hydrogen) atoms. The predicted octanol–water partition coefficient (Wildman–Crippen LogP) is 3.36. The third kappa shape index (κ3) is 4.28. The van der Waals surface area contributed by atoms with Gasteiger partial charge < -0.3 is 10.2 Å². The molecule has 2 aromatic carbocycles. The monoisotopic (exact) mass is 441 g/mol. The van der Waals surface area contributed by atoms with Crippen LogP contribution in [0.2, 0.25) is 0 Å². The molecule has 0 saturated carbocycles. The van der Waals surface area contributed by atoms with Crippen molar-refractivity contribution in [1.82, 2.24) is 19.9 Å². The fourth-order valence-corrected chi connectivity index (χ4v) is 3.06. The molecule has 8 heteroatoms. The van der Waals surface area contributed by atoms with E-state index in [-0.39, 0.29) is 24.1 Å². The Morgan fingerprint density at radius 3 is 2.46 bits per heavy atom. The van der Waals surface area contributed by atoms with Crippen molar-refractivity contribution in [2.75, 3.05) is 18.9 Å². The first-order chi connectivity index (χ1) is 13.4. The summed E-state index contributed by atoms with van der Waals surface area (Å²) in [6.07, 6.45) is 0. The van der Waals surface area contributed by atoms with Crippen LogP contribution in [-0.2, 0) is 4.79 Å². The summed E-state index contributed by atoms with van der Waals surface area (Å²) in [4.78, 5) is 26.3. The number of likely N-dealkylation sites (N-methyl/N-ethyl adjacent to an activating group) is 1. The first-order valence-corrected chi connectivity index (χ1v) is 9.45. The van der Waals surface area contributed by atoms with Gasteiger partial charge in [0.15, 0.2) is 5.69 Å². The van der Waals surface area contributed by atoms with Crippen molar-refractivity contribution in [2.45, 2.75) is 13.8 Å². The maximum atomic E-state index is 12.7. The highest BCUT2D eigenvalue weighted by atomic mass is 79.9. The van der Waals surface area contributed by atoms with E-state index in [9.17, 15) is 9.59 Å². The number of hydrogen-bond acceptors (Lipinski definition) is 4. The number of nitrogens with one attached hydrogen (secondary N) is 1. The molecule has 0 aliphatic carbocycles. The molecular weight excluding hydrogens is 422 g/mol. The molecule has 2 amide bonds. The van der Waals surface area contributed by atoms with Crippen molar-refractivity contribution in [2.24, 2.45) is 0 Å². The number of halogens is 1. The molecule has 0 spiro atoms. The summed E-state index contributed by atoms with van der Waals surface area (Å²) < 4.78 is 2.39. The van der Waals surface area contributed by atoms with Gasteiger partial charge in [0.25, 0.3) is 5.91 Å². The van der Waals surface area contributed by atoms with Gasteiger partial charge in [0, 0.05) is 11.5 Å². The van der Waals surface area contributed by atoms with Crippen LogP contribution in [0, 0.1) is 13.8 Å². The summed E-state index contributed by atoms with van der Waals surface area (Å²) in [7, 11) is 1.56. The van der Waals surface area contributed by atoms with Gasteiger partial charge in [-0.2, -0.15) is 0 Å². The smallest absolute Gasteiger partial charge is 0.276 e. The van der Waals surface area contributed by atoms with Crippen LogP contribution in [0.25, 0.3) is 5.69 Å². The zero-order valence-corrected chi connectivity index (χ0v) is 17.4. The molecular formula is C20H20BrN5O2. The minimum atomic E-state index is -0.363. The second kappa shape index (κ2) is 8.35. The summed E-state index contributed by atoms with van der Waals surface area (Å²) in [5.41, 5.74) is 3.44. The third-order valence-electron chi connectivity index (χ3n) is 4.25. The molecule has 0 radical (unpaired) electrons. The average molecular weight is 442 g/mol. The zero-order valence-electron chi connectivity index (χ0n) is 15.8. The Labute approximate surface area is 171 Å². The molecule has 144 valence electrons. The van der Waals surface area contributed by atoms with E-state index >= 15 is 0 Å². The summed E-state index contributed by atoms with van der Waals surface area (Å²) in [6.45, 7) is 3.68. The molecule has 1 aromatic heterocycles. The van der Waals surface area contributed by atoms with Crippen molar-refractivity contribution >= 4 is 33.4 Å². The van der Waals surface area contributed by atoms with Gasteiger partial charge in [0.05, 0.1) is 23.6 Å². The molecule has 3 rings (SSSR count). The van der Waals surface area contributed by atoms with Gasteiger partial charge in [0.1, 0.15) is 0 Å². The topological polar surface area (TPSA) is 80.1 Å². The lowest BCUT2D eigenvalue weighted by Crippen LogP contribution is -2.35. The molecule has 1 heterocycles. The largest absolute Gasteiger partial charge is 0.331 e. The van der Waals surface area contributed by atoms with E-state index in [0.29, 0.717) is 11.4 Å². The second-order valence-electron chi connectivity index (χ2n) is 6.46. The Morgan fingerprint density at radius 2 is 1.79 bits per heavy atom. The highest BCUT2D eigenvalue weighted by Gasteiger charge is 2.22. The van der Waals surface area contributed by atoms with Gasteiger partial charge in [0.2, 0.25) is 5.91 Å². The maximum absolute atomic E-state index is 12.7. The van der Waals surface area contributed by atoms with Crippen LogP contribution < -0.4 is 5.32 Å². The minimum absolute atomic E-state index is 0.100. The summed E-state index contributed by atoms with van der Waals surface area (Å²) in [6, 6.07) is 15.1. The van der Waals surface area contributed by atoms with E-state index < -0.39 is 0 Å². The predicted molar refractivity (Wildman–Crippen MR) is 111 cm³/mol. The van der Waals surface area contributed by atoms with Gasteiger partial charge in [-0.1, -0.05) is 35.0 Å². The number of anilines is 1. The molecule has 7 nitrogen and oxygen atoms in total. The highest BCUT2D eigenvalue weighted by molar-refractivity contribution is 9.10. The lowest BCUT2D eigenvalue weighted by molar-refractivity contribution is -0.116. The normalized spacial score (nSPS) is 10.6. The Kier molecular flexibility index (Phi) is 5.89. The van der Waals surface area contributed by atoms with Crippen LogP contribution in [0.5, 0.6) is 0 Å². The van der Waals surface area contributed by atoms with Crippen LogP contribution >= 0.6 is 15.9 Å². The van der Waals surface area contributed by atoms with E-state index in [2.05, 4.69) is 31.6 Å². The molecule has 3 aromatic rings. The number of amides is 2. The molecule has 0 aliphatic heterocycles. The van der Waals surface area contributed by atoms with E-state index in [1.807, 2.05) is 49.4 Å². The van der Waals surface area contributed by atoms with Crippen molar-refractivity contribution in [3.8, 4) is 5.69 Å². The summed E-state index contributed by atoms with van der Waals surface area (Å²) in [5.74, 6) is -0.663. The van der Waals surface area contributed by atoms with Crippen molar-refractivity contribution in [3.63, 3.8) is 0 Å². The standard InChI is InChI=1S/C20H20BrN5O2/c1-13-8-10-15(11-9-13)26-14(2)19(23-24-26)20(28)25(3)12-18(27)22-17-7-5-4-6-16(17)21/h4-11H,12H2,1-3H3,(H,22,27). The fourth-order valence-electron chi connectivity index (χ4n) is 2.68. The Hall–Kier alpha value is -3.00. The van der Waals surface area contributed by atoms with E-state index in [1.54, 1.807) is 24.7 Å². The Morgan fingerprint density at radius 1 is 1.11 bits per heavy atom. The number of aryl methyl sites for hydroxylation is 1. The van der Waals surface area contributed by atoms with Gasteiger partial charge in [-0.3, -0.25) is 9.59 Å². The molecule has 0 saturated heterocycles. The van der Waals surface area contributed by atoms with Crippen LogP contribution in [-0.4, -0.2) is 45.3 Å². The second-order valence-corrected chi connectivity index (χ2v) is 7.31. The summed E-state index contributed by atoms with van der Waals surface area (Å²) >= 11 is 3.38. The SMILES string of the molecule is Cc1ccc(-n2nnc(C(=O)N(C)CC(=O)Nc3ccccc3Br)c2C)cc1. The van der Waals surface area contributed by atoms with Crippen LogP contribution in [0.4, 0.5) is 5.69 Å². The quantitative estimate of drug-likeness (QED) is 0.657. The van der Waals surface area contributed by atoms with E-state index in [4.69, 9.17) is 0 Å². The lowest BCUT2D eigenvalue weighted by atomic mass is 10.2. The molecule has 1 N–H and O–H groups in total. The Bertz CT molecular complexity index is 1010. The number of rotatable bonds is 5. The summed E-state index contributed by atoms with van der Waals surface area (Å²) in [5, 5.41) is 10.9. The third-order valence-corrected chi connectivity index (χ3v) is 4.94. The van der Waals surface area contributed by atoms with Crippen LogP contribution in [0.15, 0.2) is 53.0 Å². The van der Waals surface area contributed by atoms with Gasteiger partial charge in [-0.05, 0) is 54.0 Å². The maximum Gasteiger partial charge on any atom is 0.276 e. The number of carbonyl (C=O) groups excluding carboxylic acids is 2. The zero-order chi connectivity index (χ0) is 20.3. The number of para-hydroxylation sites is 1. The van der Waals surface area contributed by atoms with E-state index in [0.717, 1.165) is 15.7 Å². The molecule has 0 fully saturated rings. The van der Waals surface area contributed by atoms with Gasteiger partial charge in [-0.25, -0.2) is 4.68 Å². The lowest BCUT2D eigenvalue weighted by Gasteiger charge is -2.16. The number of nitrogens with zero attached hydrogens (tertiary/aromatic N) is 4. The van der Waals surface area contributed by atoms with Crippen molar-refractivity contribution < 1.29 is 9.59 Å².